The number of rotatable bonds is 7. The molecule has 0 saturated heterocycles. The fourth-order valence-corrected chi connectivity index (χ4v) is 6.48. The average Bonchev–Trinajstić information content (AvgIpc) is 3.26. The molecule has 1 unspecified atom stereocenters. The number of hydrogen-bond donors (Lipinski definition) is 3. The lowest BCUT2D eigenvalue weighted by Gasteiger charge is -2.12. The largest absolute Gasteiger partial charge is 0.354 e. The highest BCUT2D eigenvalue weighted by molar-refractivity contribution is 7.91. The molecule has 2 amide bonds. The smallest absolute Gasteiger partial charge is 0.245 e. The third kappa shape index (κ3) is 5.21. The van der Waals surface area contributed by atoms with Crippen LogP contribution in [0.2, 0.25) is 0 Å². The van der Waals surface area contributed by atoms with E-state index in [0.29, 0.717) is 16.6 Å². The van der Waals surface area contributed by atoms with Crippen LogP contribution in [0.4, 0.5) is 5.69 Å². The van der Waals surface area contributed by atoms with E-state index in [4.69, 9.17) is 5.14 Å². The maximum Gasteiger partial charge on any atom is 0.245 e. The van der Waals surface area contributed by atoms with Crippen molar-refractivity contribution in [2.75, 3.05) is 23.9 Å². The molecule has 33 heavy (non-hydrogen) atoms. The molecule has 0 spiro atoms. The number of sulfonamides is 1. The van der Waals surface area contributed by atoms with E-state index in [-0.39, 0.29) is 17.5 Å². The van der Waals surface area contributed by atoms with E-state index < -0.39 is 36.8 Å². The molecule has 10 nitrogen and oxygen atoms in total. The minimum Gasteiger partial charge on any atom is -0.354 e. The van der Waals surface area contributed by atoms with Crippen LogP contribution in [-0.4, -0.2) is 52.2 Å². The molecule has 2 heterocycles. The van der Waals surface area contributed by atoms with Crippen LogP contribution in [0.15, 0.2) is 36.4 Å². The number of thiazole rings is 1. The van der Waals surface area contributed by atoms with Crippen LogP contribution in [0, 0.1) is 0 Å². The SMILES string of the molecule is CS(=O)(=O)C(C(=O)NCCS(N)(=O)=O)c1nc2ccc(-c3ccc4c(c3)CC(=O)N4)cc2s1. The number of nitrogens with zero attached hydrogens (tertiary/aromatic N) is 1. The summed E-state index contributed by atoms with van der Waals surface area (Å²) in [7, 11) is -7.69. The van der Waals surface area contributed by atoms with Gasteiger partial charge in [-0.3, -0.25) is 9.59 Å². The maximum absolute atomic E-state index is 12.6. The standard InChI is InChI=1S/C20H20N4O6S3/c1-32(27,28)18(19(26)22-6-7-33(21,29)30)20-24-15-5-3-12(9-16(15)31-20)11-2-4-14-13(8-11)10-17(25)23-14/h2-5,8-9,18H,6-7,10H2,1H3,(H,22,26)(H,23,25)(H2,21,29,30). The van der Waals surface area contributed by atoms with E-state index in [0.717, 1.165) is 40.0 Å². The minimum atomic E-state index is -3.89. The van der Waals surface area contributed by atoms with Crippen molar-refractivity contribution < 1.29 is 26.4 Å². The molecule has 1 atom stereocenters. The molecule has 174 valence electrons. The third-order valence-electron chi connectivity index (χ3n) is 5.05. The first-order valence-electron chi connectivity index (χ1n) is 9.71. The van der Waals surface area contributed by atoms with Crippen LogP contribution in [-0.2, 0) is 35.9 Å². The number of carbonyl (C=O) groups excluding carboxylic acids is 2. The van der Waals surface area contributed by atoms with Crippen molar-refractivity contribution in [3.05, 3.63) is 47.0 Å². The van der Waals surface area contributed by atoms with Crippen LogP contribution in [0.25, 0.3) is 21.3 Å². The number of anilines is 1. The molecule has 0 aliphatic carbocycles. The summed E-state index contributed by atoms with van der Waals surface area (Å²) in [6.07, 6.45) is 1.24. The summed E-state index contributed by atoms with van der Waals surface area (Å²) in [5.41, 5.74) is 3.96. The molecule has 0 radical (unpaired) electrons. The van der Waals surface area contributed by atoms with E-state index in [1.165, 1.54) is 0 Å². The Morgan fingerprint density at radius 1 is 1.18 bits per heavy atom. The summed E-state index contributed by atoms with van der Waals surface area (Å²) in [6.45, 7) is -0.311. The van der Waals surface area contributed by atoms with Crippen LogP contribution >= 0.6 is 11.3 Å². The number of carbonyl (C=O) groups is 2. The monoisotopic (exact) mass is 508 g/mol. The molecule has 1 aromatic heterocycles. The van der Waals surface area contributed by atoms with Crippen molar-refractivity contribution >= 4 is 58.9 Å². The second kappa shape index (κ2) is 8.48. The minimum absolute atomic E-state index is 0.0566. The van der Waals surface area contributed by atoms with Gasteiger partial charge in [-0.25, -0.2) is 27.0 Å². The number of aromatic nitrogens is 1. The van der Waals surface area contributed by atoms with Gasteiger partial charge in [0, 0.05) is 18.5 Å². The van der Waals surface area contributed by atoms with Gasteiger partial charge in [0.05, 0.1) is 22.4 Å². The van der Waals surface area contributed by atoms with Crippen molar-refractivity contribution in [3.8, 4) is 11.1 Å². The molecule has 13 heteroatoms. The summed E-state index contributed by atoms with van der Waals surface area (Å²) in [5.74, 6) is -1.43. The lowest BCUT2D eigenvalue weighted by Crippen LogP contribution is -2.37. The number of sulfone groups is 1. The Balaban J connectivity index is 1.64. The van der Waals surface area contributed by atoms with Crippen molar-refractivity contribution in [2.24, 2.45) is 5.14 Å². The van der Waals surface area contributed by atoms with Crippen LogP contribution in [0.3, 0.4) is 0 Å². The molecule has 2 aromatic carbocycles. The number of benzene rings is 2. The van der Waals surface area contributed by atoms with Gasteiger partial charge in [0.2, 0.25) is 21.8 Å². The Bertz CT molecular complexity index is 1500. The maximum atomic E-state index is 12.6. The molecule has 0 saturated carbocycles. The molecule has 0 fully saturated rings. The zero-order chi connectivity index (χ0) is 24.0. The number of hydrogen-bond acceptors (Lipinski definition) is 8. The molecule has 0 bridgehead atoms. The Labute approximate surface area is 194 Å². The van der Waals surface area contributed by atoms with Gasteiger partial charge in [-0.15, -0.1) is 11.3 Å². The number of fused-ring (bicyclic) bond motifs is 2. The summed E-state index contributed by atoms with van der Waals surface area (Å²) in [5, 5.41) is 8.52. The van der Waals surface area contributed by atoms with Gasteiger partial charge >= 0.3 is 0 Å². The van der Waals surface area contributed by atoms with Crippen LogP contribution in [0.1, 0.15) is 15.8 Å². The van der Waals surface area contributed by atoms with Crippen molar-refractivity contribution in [2.45, 2.75) is 11.7 Å². The van der Waals surface area contributed by atoms with E-state index in [9.17, 15) is 26.4 Å². The zero-order valence-corrected chi connectivity index (χ0v) is 19.8. The normalized spacial score (nSPS) is 14.7. The van der Waals surface area contributed by atoms with Crippen molar-refractivity contribution in [1.29, 1.82) is 0 Å². The number of amides is 2. The summed E-state index contributed by atoms with van der Waals surface area (Å²) >= 11 is 1.07. The van der Waals surface area contributed by atoms with Crippen LogP contribution < -0.4 is 15.8 Å². The third-order valence-corrected chi connectivity index (χ3v) is 8.34. The summed E-state index contributed by atoms with van der Waals surface area (Å²) in [4.78, 5) is 28.5. The van der Waals surface area contributed by atoms with Gasteiger partial charge < -0.3 is 10.6 Å². The van der Waals surface area contributed by atoms with Gasteiger partial charge in [-0.05, 0) is 41.0 Å². The van der Waals surface area contributed by atoms with Gasteiger partial charge in [0.25, 0.3) is 0 Å². The van der Waals surface area contributed by atoms with Gasteiger partial charge in [0.1, 0.15) is 5.01 Å². The number of nitrogens with one attached hydrogen (secondary N) is 2. The highest BCUT2D eigenvalue weighted by atomic mass is 32.2. The highest BCUT2D eigenvalue weighted by Gasteiger charge is 2.34. The number of primary sulfonamides is 1. The van der Waals surface area contributed by atoms with Gasteiger partial charge in [0.15, 0.2) is 15.1 Å². The zero-order valence-electron chi connectivity index (χ0n) is 17.4. The molecule has 1 aliphatic rings. The average molecular weight is 509 g/mol. The molecule has 1 aliphatic heterocycles. The van der Waals surface area contributed by atoms with E-state index in [2.05, 4.69) is 15.6 Å². The van der Waals surface area contributed by atoms with Crippen molar-refractivity contribution in [1.82, 2.24) is 10.3 Å². The van der Waals surface area contributed by atoms with Crippen LogP contribution in [0.5, 0.6) is 0 Å². The van der Waals surface area contributed by atoms with E-state index >= 15 is 0 Å². The first-order valence-corrected chi connectivity index (χ1v) is 14.2. The fraction of sp³-hybridized carbons (Fsp3) is 0.250. The fourth-order valence-electron chi connectivity index (χ4n) is 3.54. The summed E-state index contributed by atoms with van der Waals surface area (Å²) < 4.78 is 47.6. The van der Waals surface area contributed by atoms with Gasteiger partial charge in [-0.1, -0.05) is 12.1 Å². The second-order valence-corrected chi connectivity index (χ2v) is 12.6. The topological polar surface area (TPSA) is 165 Å². The lowest BCUT2D eigenvalue weighted by atomic mass is 10.0. The Morgan fingerprint density at radius 2 is 1.88 bits per heavy atom. The highest BCUT2D eigenvalue weighted by Crippen LogP contribution is 2.35. The molecule has 4 rings (SSSR count). The predicted octanol–water partition coefficient (Wildman–Crippen LogP) is 0.948. The summed E-state index contributed by atoms with van der Waals surface area (Å²) in [6, 6.07) is 11.1. The Kier molecular flexibility index (Phi) is 5.99. The van der Waals surface area contributed by atoms with E-state index in [1.807, 2.05) is 30.3 Å². The van der Waals surface area contributed by atoms with Crippen molar-refractivity contribution in [3.63, 3.8) is 0 Å². The molecular weight excluding hydrogens is 488 g/mol. The van der Waals surface area contributed by atoms with E-state index in [1.54, 1.807) is 6.07 Å². The first kappa shape index (κ1) is 23.3. The molecular formula is C20H20N4O6S3. The molecule has 3 aromatic rings. The van der Waals surface area contributed by atoms with Gasteiger partial charge in [-0.2, -0.15) is 0 Å². The predicted molar refractivity (Wildman–Crippen MR) is 126 cm³/mol. The number of nitrogens with two attached hydrogens (primary N) is 1. The first-order chi connectivity index (χ1) is 15.4. The second-order valence-electron chi connectivity index (χ2n) is 7.70. The Morgan fingerprint density at radius 3 is 2.58 bits per heavy atom. The quantitative estimate of drug-likeness (QED) is 0.427. The molecule has 4 N–H and O–H groups in total. The lowest BCUT2D eigenvalue weighted by molar-refractivity contribution is -0.120. The Hall–Kier alpha value is -2.87.